The summed E-state index contributed by atoms with van der Waals surface area (Å²) in [6, 6.07) is 2.86. The number of rotatable bonds is 12. The molecule has 0 spiro atoms. The van der Waals surface area contributed by atoms with E-state index in [0.717, 1.165) is 6.42 Å². The van der Waals surface area contributed by atoms with Crippen LogP contribution in [0.4, 0.5) is 0 Å². The molecule has 1 aromatic carbocycles. The van der Waals surface area contributed by atoms with Gasteiger partial charge in [-0.15, -0.1) is 0 Å². The van der Waals surface area contributed by atoms with Crippen LogP contribution in [-0.2, 0) is 6.42 Å². The molecule has 0 amide bonds. The van der Waals surface area contributed by atoms with Crippen LogP contribution in [0.1, 0.15) is 61.5 Å². The molecule has 0 saturated carbocycles. The Bertz CT molecular complexity index is 732. The molecule has 0 aliphatic heterocycles. The zero-order chi connectivity index (χ0) is 22.9. The molecule has 0 aliphatic rings. The number of carbonyl (C=O) groups is 1. The number of aliphatic hydroxyl groups is 5. The molecule has 0 bridgehead atoms. The number of hydrogen-bond donors (Lipinski definition) is 6. The lowest BCUT2D eigenvalue weighted by Crippen LogP contribution is -2.37. The summed E-state index contributed by atoms with van der Waals surface area (Å²) in [5.41, 5.74) is -0.590. The molecule has 30 heavy (non-hydrogen) atoms. The van der Waals surface area contributed by atoms with E-state index in [1.54, 1.807) is 13.0 Å². The van der Waals surface area contributed by atoms with Gasteiger partial charge in [0.1, 0.15) is 18.0 Å². The SMILES string of the molecule is CC(O)CCCC=CC(O)C(O)C=Cc1c(CC(O)C(C)(C)O)ccc(O)c1C=O. The van der Waals surface area contributed by atoms with Gasteiger partial charge in [-0.1, -0.05) is 30.4 Å². The molecule has 7 heteroatoms. The van der Waals surface area contributed by atoms with Crippen LogP contribution in [0.25, 0.3) is 6.08 Å². The van der Waals surface area contributed by atoms with Crippen LogP contribution >= 0.6 is 0 Å². The van der Waals surface area contributed by atoms with Gasteiger partial charge in [-0.05, 0) is 57.2 Å². The average molecular weight is 423 g/mol. The Morgan fingerprint density at radius 2 is 1.67 bits per heavy atom. The van der Waals surface area contributed by atoms with E-state index in [1.165, 1.54) is 44.2 Å². The maximum atomic E-state index is 11.5. The van der Waals surface area contributed by atoms with Gasteiger partial charge in [0.2, 0.25) is 0 Å². The van der Waals surface area contributed by atoms with Crippen molar-refractivity contribution >= 4 is 12.4 Å². The number of aliphatic hydroxyl groups excluding tert-OH is 4. The van der Waals surface area contributed by atoms with Gasteiger partial charge >= 0.3 is 0 Å². The number of benzene rings is 1. The minimum Gasteiger partial charge on any atom is -0.507 e. The molecule has 1 aromatic rings. The van der Waals surface area contributed by atoms with Gasteiger partial charge in [0.15, 0.2) is 6.29 Å². The molecule has 1 rings (SSSR count). The minimum atomic E-state index is -1.37. The van der Waals surface area contributed by atoms with Crippen LogP contribution in [0.5, 0.6) is 5.75 Å². The second kappa shape index (κ2) is 12.0. The van der Waals surface area contributed by atoms with Gasteiger partial charge < -0.3 is 30.6 Å². The molecule has 0 heterocycles. The first-order valence-electron chi connectivity index (χ1n) is 10.1. The molecule has 168 valence electrons. The maximum absolute atomic E-state index is 11.5. The standard InChI is InChI=1S/C23H34O7/c1-15(25)7-5-4-6-8-20(27)21(28)12-10-17-16(13-22(29)23(2,3)30)9-11-19(26)18(17)14-24/h6,8-12,14-15,20-22,25-30H,4-5,7,13H2,1-3H3. The van der Waals surface area contributed by atoms with Crippen molar-refractivity contribution in [1.29, 1.82) is 0 Å². The molecule has 6 N–H and O–H groups in total. The molecule has 0 aliphatic carbocycles. The Hall–Kier alpha value is -2.03. The highest BCUT2D eigenvalue weighted by Gasteiger charge is 2.26. The van der Waals surface area contributed by atoms with Crippen molar-refractivity contribution in [2.75, 3.05) is 0 Å². The van der Waals surface area contributed by atoms with Crippen molar-refractivity contribution in [2.45, 2.75) is 76.5 Å². The van der Waals surface area contributed by atoms with Crippen molar-refractivity contribution < 1.29 is 35.4 Å². The number of unbranched alkanes of at least 4 members (excludes halogenated alkanes) is 1. The van der Waals surface area contributed by atoms with E-state index >= 15 is 0 Å². The molecular weight excluding hydrogens is 388 g/mol. The van der Waals surface area contributed by atoms with Crippen molar-refractivity contribution in [1.82, 2.24) is 0 Å². The first kappa shape index (κ1) is 26.0. The van der Waals surface area contributed by atoms with Gasteiger partial charge in [0, 0.05) is 6.42 Å². The van der Waals surface area contributed by atoms with Crippen molar-refractivity contribution in [3.63, 3.8) is 0 Å². The number of phenols is 1. The van der Waals surface area contributed by atoms with Crippen molar-refractivity contribution in [2.24, 2.45) is 0 Å². The summed E-state index contributed by atoms with van der Waals surface area (Å²) in [6.45, 7) is 4.63. The second-order valence-electron chi connectivity index (χ2n) is 8.11. The molecule has 0 aromatic heterocycles. The van der Waals surface area contributed by atoms with E-state index < -0.39 is 23.9 Å². The van der Waals surface area contributed by atoms with Crippen LogP contribution in [-0.4, -0.2) is 66.9 Å². The van der Waals surface area contributed by atoms with Gasteiger partial charge in [-0.25, -0.2) is 0 Å². The summed E-state index contributed by atoms with van der Waals surface area (Å²) in [7, 11) is 0. The molecule has 0 fully saturated rings. The largest absolute Gasteiger partial charge is 0.507 e. The Morgan fingerprint density at radius 1 is 1.03 bits per heavy atom. The summed E-state index contributed by atoms with van der Waals surface area (Å²) in [5, 5.41) is 59.6. The number of carbonyl (C=O) groups excluding carboxylic acids is 1. The van der Waals surface area contributed by atoms with E-state index in [2.05, 4.69) is 0 Å². The van der Waals surface area contributed by atoms with E-state index in [9.17, 15) is 35.4 Å². The highest BCUT2D eigenvalue weighted by Crippen LogP contribution is 2.27. The minimum absolute atomic E-state index is 0.0120. The summed E-state index contributed by atoms with van der Waals surface area (Å²) >= 11 is 0. The molecular formula is C23H34O7. The topological polar surface area (TPSA) is 138 Å². The van der Waals surface area contributed by atoms with Gasteiger partial charge in [-0.3, -0.25) is 4.79 Å². The van der Waals surface area contributed by atoms with E-state index in [1.807, 2.05) is 0 Å². The Kier molecular flexibility index (Phi) is 10.4. The van der Waals surface area contributed by atoms with E-state index in [-0.39, 0.29) is 23.8 Å². The molecule has 7 nitrogen and oxygen atoms in total. The molecule has 4 unspecified atom stereocenters. The lowest BCUT2D eigenvalue weighted by Gasteiger charge is -2.25. The fourth-order valence-corrected chi connectivity index (χ4v) is 2.82. The molecule has 4 atom stereocenters. The van der Waals surface area contributed by atoms with Crippen LogP contribution < -0.4 is 0 Å². The predicted molar refractivity (Wildman–Crippen MR) is 115 cm³/mol. The number of hydrogen-bond acceptors (Lipinski definition) is 7. The third kappa shape index (κ3) is 8.38. The second-order valence-corrected chi connectivity index (χ2v) is 8.11. The summed E-state index contributed by atoms with van der Waals surface area (Å²) in [4.78, 5) is 11.5. The summed E-state index contributed by atoms with van der Waals surface area (Å²) in [6.07, 6.45) is 4.51. The highest BCUT2D eigenvalue weighted by atomic mass is 16.3. The highest BCUT2D eigenvalue weighted by molar-refractivity contribution is 5.86. The lowest BCUT2D eigenvalue weighted by atomic mass is 9.90. The smallest absolute Gasteiger partial charge is 0.154 e. The first-order valence-corrected chi connectivity index (χ1v) is 10.1. The van der Waals surface area contributed by atoms with Crippen LogP contribution in [0.3, 0.4) is 0 Å². The van der Waals surface area contributed by atoms with Gasteiger partial charge in [0.05, 0.1) is 23.4 Å². The Labute approximate surface area is 177 Å². The molecule has 0 saturated heterocycles. The maximum Gasteiger partial charge on any atom is 0.154 e. The van der Waals surface area contributed by atoms with E-state index in [0.29, 0.717) is 30.3 Å². The third-order valence-electron chi connectivity index (χ3n) is 4.84. The van der Waals surface area contributed by atoms with Crippen LogP contribution in [0, 0.1) is 0 Å². The Morgan fingerprint density at radius 3 is 2.23 bits per heavy atom. The normalized spacial score (nSPS) is 16.7. The first-order chi connectivity index (χ1) is 14.0. The predicted octanol–water partition coefficient (Wildman–Crippen LogP) is 1.72. The number of phenolic OH excluding ortho intramolecular Hbond substituents is 1. The summed E-state index contributed by atoms with van der Waals surface area (Å²) in [5.74, 6) is -0.251. The number of aldehydes is 1. The van der Waals surface area contributed by atoms with Crippen molar-refractivity contribution in [3.05, 3.63) is 47.1 Å². The monoisotopic (exact) mass is 422 g/mol. The quantitative estimate of drug-likeness (QED) is 0.171. The lowest BCUT2D eigenvalue weighted by molar-refractivity contribution is -0.0469. The van der Waals surface area contributed by atoms with Crippen molar-refractivity contribution in [3.8, 4) is 5.75 Å². The zero-order valence-electron chi connectivity index (χ0n) is 17.8. The van der Waals surface area contributed by atoms with Crippen LogP contribution in [0.2, 0.25) is 0 Å². The van der Waals surface area contributed by atoms with Gasteiger partial charge in [-0.2, -0.15) is 0 Å². The van der Waals surface area contributed by atoms with Crippen LogP contribution in [0.15, 0.2) is 30.4 Å². The zero-order valence-corrected chi connectivity index (χ0v) is 17.8. The fraction of sp³-hybridized carbons (Fsp3) is 0.522. The van der Waals surface area contributed by atoms with Gasteiger partial charge in [0.25, 0.3) is 0 Å². The molecule has 0 radical (unpaired) electrons. The summed E-state index contributed by atoms with van der Waals surface area (Å²) < 4.78 is 0. The number of allylic oxidation sites excluding steroid dienone is 1. The van der Waals surface area contributed by atoms with E-state index in [4.69, 9.17) is 0 Å². The third-order valence-corrected chi connectivity index (χ3v) is 4.84. The number of aromatic hydroxyl groups is 1. The average Bonchev–Trinajstić information content (AvgIpc) is 2.66. The fourth-order valence-electron chi connectivity index (χ4n) is 2.82. The Balaban J connectivity index is 2.98.